The zero-order chi connectivity index (χ0) is 17.0. The third kappa shape index (κ3) is 4.27. The van der Waals surface area contributed by atoms with Gasteiger partial charge in [-0.25, -0.2) is 13.1 Å². The van der Waals surface area contributed by atoms with E-state index in [0.29, 0.717) is 17.5 Å². The van der Waals surface area contributed by atoms with Gasteiger partial charge in [-0.2, -0.15) is 0 Å². The number of hydrogen-bond acceptors (Lipinski definition) is 4. The molecule has 1 aromatic heterocycles. The Morgan fingerprint density at radius 2 is 2.00 bits per heavy atom. The molecule has 0 unspecified atom stereocenters. The minimum atomic E-state index is -3.80. The summed E-state index contributed by atoms with van der Waals surface area (Å²) in [5.74, 6) is -1.77. The van der Waals surface area contributed by atoms with Gasteiger partial charge in [0, 0.05) is 11.6 Å². The highest BCUT2D eigenvalue weighted by Crippen LogP contribution is 2.19. The van der Waals surface area contributed by atoms with E-state index in [4.69, 9.17) is 0 Å². The van der Waals surface area contributed by atoms with Crippen molar-refractivity contribution >= 4 is 26.9 Å². The van der Waals surface area contributed by atoms with Gasteiger partial charge < -0.3 is 5.11 Å². The normalized spacial score (nSPS) is 14.5. The number of nitrogens with one attached hydrogen (secondary N) is 1. The predicted molar refractivity (Wildman–Crippen MR) is 88.4 cm³/mol. The van der Waals surface area contributed by atoms with E-state index in [0.717, 1.165) is 5.39 Å². The van der Waals surface area contributed by atoms with Gasteiger partial charge >= 0.3 is 5.97 Å². The van der Waals surface area contributed by atoms with Crippen molar-refractivity contribution in [3.05, 3.63) is 42.1 Å². The molecule has 0 saturated heterocycles. The zero-order valence-corrected chi connectivity index (χ0v) is 13.9. The molecule has 2 atom stereocenters. The van der Waals surface area contributed by atoms with Gasteiger partial charge in [0.05, 0.1) is 11.3 Å². The van der Waals surface area contributed by atoms with Crippen molar-refractivity contribution < 1.29 is 18.3 Å². The van der Waals surface area contributed by atoms with E-state index in [1.807, 2.05) is 19.1 Å². The SMILES string of the molecule is CC[C@H](C)[C@H](NS(=O)(=O)Cc1cccc2cccnc12)C(=O)O. The molecule has 0 bridgehead atoms. The first-order valence-corrected chi connectivity index (χ1v) is 9.04. The van der Waals surface area contributed by atoms with E-state index >= 15 is 0 Å². The molecule has 0 amide bonds. The minimum absolute atomic E-state index is 0.298. The highest BCUT2D eigenvalue weighted by molar-refractivity contribution is 7.88. The summed E-state index contributed by atoms with van der Waals surface area (Å²) in [6.45, 7) is 3.53. The van der Waals surface area contributed by atoms with Crippen LogP contribution < -0.4 is 4.72 Å². The Morgan fingerprint density at radius 3 is 2.65 bits per heavy atom. The van der Waals surface area contributed by atoms with Crippen molar-refractivity contribution in [3.8, 4) is 0 Å². The monoisotopic (exact) mass is 336 g/mol. The Kier molecular flexibility index (Phi) is 5.33. The summed E-state index contributed by atoms with van der Waals surface area (Å²) in [7, 11) is -3.80. The molecule has 0 aliphatic rings. The number of carboxylic acids is 1. The van der Waals surface area contributed by atoms with Crippen molar-refractivity contribution in [2.45, 2.75) is 32.1 Å². The Hall–Kier alpha value is -1.99. The summed E-state index contributed by atoms with van der Waals surface area (Å²) in [6, 6.07) is 7.80. The van der Waals surface area contributed by atoms with Gasteiger partial charge in [0.25, 0.3) is 0 Å². The topological polar surface area (TPSA) is 96.4 Å². The first-order chi connectivity index (χ1) is 10.8. The number of fused-ring (bicyclic) bond motifs is 1. The van der Waals surface area contributed by atoms with E-state index in [-0.39, 0.29) is 11.7 Å². The molecule has 23 heavy (non-hydrogen) atoms. The van der Waals surface area contributed by atoms with Crippen molar-refractivity contribution in [1.29, 1.82) is 0 Å². The quantitative estimate of drug-likeness (QED) is 0.807. The number of aromatic nitrogens is 1. The number of pyridine rings is 1. The van der Waals surface area contributed by atoms with E-state index < -0.39 is 22.0 Å². The fourth-order valence-corrected chi connectivity index (χ4v) is 3.82. The highest BCUT2D eigenvalue weighted by atomic mass is 32.2. The molecule has 6 nitrogen and oxygen atoms in total. The van der Waals surface area contributed by atoms with Crippen molar-refractivity contribution in [1.82, 2.24) is 9.71 Å². The third-order valence-electron chi connectivity index (χ3n) is 3.85. The molecule has 2 aromatic rings. The van der Waals surface area contributed by atoms with Crippen molar-refractivity contribution in [3.63, 3.8) is 0 Å². The predicted octanol–water partition coefficient (Wildman–Crippen LogP) is 2.15. The summed E-state index contributed by atoms with van der Waals surface area (Å²) in [5, 5.41) is 10.1. The average Bonchev–Trinajstić information content (AvgIpc) is 2.52. The van der Waals surface area contributed by atoms with Crippen LogP contribution in [-0.2, 0) is 20.6 Å². The fourth-order valence-electron chi connectivity index (χ4n) is 2.37. The first kappa shape index (κ1) is 17.4. The number of nitrogens with zero attached hydrogens (tertiary/aromatic N) is 1. The second-order valence-corrected chi connectivity index (χ2v) is 7.32. The number of hydrogen-bond donors (Lipinski definition) is 2. The number of carbonyl (C=O) groups is 1. The molecule has 0 aliphatic heterocycles. The van der Waals surface area contributed by atoms with E-state index in [2.05, 4.69) is 9.71 Å². The number of para-hydroxylation sites is 1. The largest absolute Gasteiger partial charge is 0.480 e. The van der Waals surface area contributed by atoms with Crippen LogP contribution >= 0.6 is 0 Å². The summed E-state index contributed by atoms with van der Waals surface area (Å²) in [6.07, 6.45) is 2.17. The van der Waals surface area contributed by atoms with Crippen LogP contribution in [0.3, 0.4) is 0 Å². The molecule has 2 rings (SSSR count). The smallest absolute Gasteiger partial charge is 0.322 e. The minimum Gasteiger partial charge on any atom is -0.480 e. The fraction of sp³-hybridized carbons (Fsp3) is 0.375. The molecule has 0 fully saturated rings. The second kappa shape index (κ2) is 7.06. The number of benzene rings is 1. The maximum absolute atomic E-state index is 12.4. The Balaban J connectivity index is 2.28. The Morgan fingerprint density at radius 1 is 1.30 bits per heavy atom. The molecule has 1 heterocycles. The Bertz CT molecular complexity index is 799. The number of rotatable bonds is 7. The van der Waals surface area contributed by atoms with Crippen LogP contribution in [0.25, 0.3) is 10.9 Å². The molecule has 0 saturated carbocycles. The van der Waals surface area contributed by atoms with Gasteiger partial charge in [0.2, 0.25) is 10.0 Å². The maximum Gasteiger partial charge on any atom is 0.322 e. The van der Waals surface area contributed by atoms with E-state index in [1.165, 1.54) is 0 Å². The average molecular weight is 336 g/mol. The van der Waals surface area contributed by atoms with Crippen LogP contribution in [0.1, 0.15) is 25.8 Å². The van der Waals surface area contributed by atoms with Gasteiger partial charge in [-0.05, 0) is 17.5 Å². The van der Waals surface area contributed by atoms with Crippen LogP contribution in [0.15, 0.2) is 36.5 Å². The van der Waals surface area contributed by atoms with Crippen LogP contribution in [-0.4, -0.2) is 30.5 Å². The number of sulfonamides is 1. The van der Waals surface area contributed by atoms with Crippen LogP contribution in [0.4, 0.5) is 0 Å². The molecular weight excluding hydrogens is 316 g/mol. The highest BCUT2D eigenvalue weighted by Gasteiger charge is 2.28. The molecule has 124 valence electrons. The van der Waals surface area contributed by atoms with E-state index in [9.17, 15) is 18.3 Å². The lowest BCUT2D eigenvalue weighted by atomic mass is 10.0. The summed E-state index contributed by atoms with van der Waals surface area (Å²) >= 11 is 0. The number of carboxylic acid groups (broad SMARTS) is 1. The summed E-state index contributed by atoms with van der Waals surface area (Å²) < 4.78 is 27.1. The van der Waals surface area contributed by atoms with E-state index in [1.54, 1.807) is 31.3 Å². The zero-order valence-electron chi connectivity index (χ0n) is 13.1. The van der Waals surface area contributed by atoms with Crippen molar-refractivity contribution in [2.75, 3.05) is 0 Å². The molecule has 0 aliphatic carbocycles. The molecule has 0 radical (unpaired) electrons. The van der Waals surface area contributed by atoms with Crippen molar-refractivity contribution in [2.24, 2.45) is 5.92 Å². The standard InChI is InChI=1S/C16H20N2O4S/c1-3-11(2)14(16(19)20)18-23(21,22)10-13-7-4-6-12-8-5-9-17-15(12)13/h4-9,11,14,18H,3,10H2,1-2H3,(H,19,20)/t11-,14-/m0/s1. The molecule has 1 aromatic carbocycles. The molecule has 2 N–H and O–H groups in total. The second-order valence-electron chi connectivity index (χ2n) is 5.57. The lowest BCUT2D eigenvalue weighted by Gasteiger charge is -2.20. The lowest BCUT2D eigenvalue weighted by molar-refractivity contribution is -0.140. The molecular formula is C16H20N2O4S. The third-order valence-corrected chi connectivity index (χ3v) is 5.15. The first-order valence-electron chi connectivity index (χ1n) is 7.39. The number of aliphatic carboxylic acids is 1. The lowest BCUT2D eigenvalue weighted by Crippen LogP contribution is -2.45. The van der Waals surface area contributed by atoms with Gasteiger partial charge in [0.1, 0.15) is 6.04 Å². The van der Waals surface area contributed by atoms with Gasteiger partial charge in [0.15, 0.2) is 0 Å². The summed E-state index contributed by atoms with van der Waals surface area (Å²) in [5.41, 5.74) is 1.15. The van der Waals surface area contributed by atoms with Gasteiger partial charge in [-0.3, -0.25) is 9.78 Å². The maximum atomic E-state index is 12.4. The van der Waals surface area contributed by atoms with Gasteiger partial charge in [-0.1, -0.05) is 44.5 Å². The molecule has 0 spiro atoms. The molecule has 7 heteroatoms. The Labute approximate surface area is 135 Å². The van der Waals surface area contributed by atoms with Gasteiger partial charge in [-0.15, -0.1) is 0 Å². The van der Waals surface area contributed by atoms with Crippen LogP contribution in [0.5, 0.6) is 0 Å². The van der Waals surface area contributed by atoms with Crippen LogP contribution in [0.2, 0.25) is 0 Å². The summed E-state index contributed by atoms with van der Waals surface area (Å²) in [4.78, 5) is 15.5. The van der Waals surface area contributed by atoms with Crippen LogP contribution in [0, 0.1) is 5.92 Å².